The molecule has 25 heavy (non-hydrogen) atoms. The Bertz CT molecular complexity index is 673. The summed E-state index contributed by atoms with van der Waals surface area (Å²) in [5.41, 5.74) is 2.21. The topological polar surface area (TPSA) is 53.1 Å². The van der Waals surface area contributed by atoms with Gasteiger partial charge in [0.1, 0.15) is 17.5 Å². The van der Waals surface area contributed by atoms with Gasteiger partial charge in [-0.3, -0.25) is 0 Å². The molecule has 5 nitrogen and oxygen atoms in total. The van der Waals surface area contributed by atoms with Crippen molar-refractivity contribution >= 4 is 23.0 Å². The van der Waals surface area contributed by atoms with E-state index in [1.54, 1.807) is 0 Å². The number of benzene rings is 1. The van der Waals surface area contributed by atoms with Crippen LogP contribution in [-0.2, 0) is 0 Å². The monoisotopic (exact) mass is 339 g/mol. The molecule has 1 aromatic heterocycles. The van der Waals surface area contributed by atoms with Crippen molar-refractivity contribution in [3.8, 4) is 0 Å². The summed E-state index contributed by atoms with van der Waals surface area (Å²) in [6.45, 7) is 1.94. The maximum Gasteiger partial charge on any atom is 0.136 e. The maximum atomic E-state index is 4.57. The number of hydrogen-bond acceptors (Lipinski definition) is 5. The molecular formula is C20H29N5. The van der Waals surface area contributed by atoms with E-state index in [2.05, 4.69) is 49.8 Å². The molecular weight excluding hydrogens is 310 g/mol. The van der Waals surface area contributed by atoms with Crippen molar-refractivity contribution in [2.24, 2.45) is 0 Å². The molecule has 1 aliphatic carbocycles. The molecule has 0 atom stereocenters. The average Bonchev–Trinajstić information content (AvgIpc) is 2.83. The summed E-state index contributed by atoms with van der Waals surface area (Å²) in [5, 5.41) is 7.01. The quantitative estimate of drug-likeness (QED) is 0.771. The van der Waals surface area contributed by atoms with Gasteiger partial charge >= 0.3 is 0 Å². The van der Waals surface area contributed by atoms with Crippen LogP contribution >= 0.6 is 0 Å². The van der Waals surface area contributed by atoms with E-state index in [0.717, 1.165) is 23.1 Å². The van der Waals surface area contributed by atoms with Crippen LogP contribution in [0.2, 0.25) is 0 Å². The second kappa shape index (κ2) is 8.19. The Morgan fingerprint density at radius 1 is 0.920 bits per heavy atom. The molecule has 5 heteroatoms. The van der Waals surface area contributed by atoms with Gasteiger partial charge in [0.05, 0.1) is 0 Å². The van der Waals surface area contributed by atoms with Gasteiger partial charge < -0.3 is 15.5 Å². The number of aromatic nitrogens is 2. The normalized spacial score (nSPS) is 15.5. The summed E-state index contributed by atoms with van der Waals surface area (Å²) >= 11 is 0. The van der Waals surface area contributed by atoms with Gasteiger partial charge in [-0.05, 0) is 44.0 Å². The molecule has 2 aromatic rings. The van der Waals surface area contributed by atoms with Crippen molar-refractivity contribution in [3.63, 3.8) is 0 Å². The van der Waals surface area contributed by atoms with Crippen LogP contribution in [0.1, 0.15) is 44.3 Å². The molecule has 0 aliphatic heterocycles. The highest BCUT2D eigenvalue weighted by Crippen LogP contribution is 2.23. The number of hydrogen-bond donors (Lipinski definition) is 2. The van der Waals surface area contributed by atoms with E-state index in [1.807, 2.05) is 27.1 Å². The lowest BCUT2D eigenvalue weighted by Crippen LogP contribution is -2.19. The summed E-state index contributed by atoms with van der Waals surface area (Å²) in [5.74, 6) is 2.54. The highest BCUT2D eigenvalue weighted by Gasteiger charge is 2.13. The van der Waals surface area contributed by atoms with Gasteiger partial charge in [-0.15, -0.1) is 0 Å². The maximum absolute atomic E-state index is 4.57. The number of anilines is 4. The molecule has 0 radical (unpaired) electrons. The number of nitrogens with one attached hydrogen (secondary N) is 2. The first-order chi connectivity index (χ1) is 12.1. The largest absolute Gasteiger partial charge is 0.378 e. The smallest absolute Gasteiger partial charge is 0.136 e. The van der Waals surface area contributed by atoms with Crippen LogP contribution in [0.25, 0.3) is 0 Å². The predicted molar refractivity (Wildman–Crippen MR) is 106 cm³/mol. The lowest BCUT2D eigenvalue weighted by Gasteiger charge is -2.18. The molecule has 1 aromatic carbocycles. The lowest BCUT2D eigenvalue weighted by molar-refractivity contribution is 0.617. The van der Waals surface area contributed by atoms with Crippen molar-refractivity contribution in [1.29, 1.82) is 0 Å². The van der Waals surface area contributed by atoms with Crippen molar-refractivity contribution in [2.45, 2.75) is 51.5 Å². The first-order valence-corrected chi connectivity index (χ1v) is 9.27. The number of aryl methyl sites for hydroxylation is 1. The molecule has 2 N–H and O–H groups in total. The molecule has 1 fully saturated rings. The molecule has 1 heterocycles. The Morgan fingerprint density at radius 3 is 2.20 bits per heavy atom. The van der Waals surface area contributed by atoms with E-state index in [9.17, 15) is 0 Å². The van der Waals surface area contributed by atoms with Crippen molar-refractivity contribution in [1.82, 2.24) is 9.97 Å². The highest BCUT2D eigenvalue weighted by molar-refractivity contribution is 5.62. The van der Waals surface area contributed by atoms with E-state index < -0.39 is 0 Å². The van der Waals surface area contributed by atoms with E-state index in [1.165, 1.54) is 44.2 Å². The van der Waals surface area contributed by atoms with Gasteiger partial charge in [0, 0.05) is 37.6 Å². The third-order valence-corrected chi connectivity index (χ3v) is 4.70. The third kappa shape index (κ3) is 5.08. The van der Waals surface area contributed by atoms with Crippen LogP contribution in [0.15, 0.2) is 30.3 Å². The summed E-state index contributed by atoms with van der Waals surface area (Å²) in [4.78, 5) is 11.2. The molecule has 134 valence electrons. The van der Waals surface area contributed by atoms with Gasteiger partial charge in [-0.25, -0.2) is 9.97 Å². The average molecular weight is 339 g/mol. The van der Waals surface area contributed by atoms with Crippen LogP contribution in [0.4, 0.5) is 23.0 Å². The standard InChI is InChI=1S/C20H29N5/c1-15-21-19(23-16-8-6-4-5-7-9-16)14-20(22-15)24-17-10-12-18(13-11-17)25(2)3/h10-14,16H,4-9H2,1-3H3,(H2,21,22,23,24). The zero-order chi connectivity index (χ0) is 17.6. The zero-order valence-corrected chi connectivity index (χ0v) is 15.5. The molecule has 0 bridgehead atoms. The van der Waals surface area contributed by atoms with E-state index in [0.29, 0.717) is 6.04 Å². The van der Waals surface area contributed by atoms with E-state index >= 15 is 0 Å². The summed E-state index contributed by atoms with van der Waals surface area (Å²) in [6.07, 6.45) is 7.80. The Labute approximate surface area is 150 Å². The minimum atomic E-state index is 0.532. The summed E-state index contributed by atoms with van der Waals surface area (Å²) in [6, 6.07) is 10.9. The Morgan fingerprint density at radius 2 is 1.56 bits per heavy atom. The predicted octanol–water partition coefficient (Wildman–Crippen LogP) is 4.73. The fraction of sp³-hybridized carbons (Fsp3) is 0.500. The van der Waals surface area contributed by atoms with Crippen LogP contribution in [0, 0.1) is 6.92 Å². The fourth-order valence-electron chi connectivity index (χ4n) is 3.33. The van der Waals surface area contributed by atoms with Gasteiger partial charge in [0.25, 0.3) is 0 Å². The SMILES string of the molecule is Cc1nc(Nc2ccc(N(C)C)cc2)cc(NC2CCCCCC2)n1. The van der Waals surface area contributed by atoms with E-state index in [4.69, 9.17) is 0 Å². The fourth-order valence-corrected chi connectivity index (χ4v) is 3.33. The Kier molecular flexibility index (Phi) is 5.74. The third-order valence-electron chi connectivity index (χ3n) is 4.70. The molecule has 0 unspecified atom stereocenters. The van der Waals surface area contributed by atoms with Crippen LogP contribution in [0.3, 0.4) is 0 Å². The minimum Gasteiger partial charge on any atom is -0.378 e. The van der Waals surface area contributed by atoms with Gasteiger partial charge in [0.2, 0.25) is 0 Å². The lowest BCUT2D eigenvalue weighted by atomic mass is 10.1. The van der Waals surface area contributed by atoms with Crippen LogP contribution in [-0.4, -0.2) is 30.1 Å². The molecule has 1 saturated carbocycles. The first kappa shape index (κ1) is 17.5. The molecule has 1 aliphatic rings. The Hall–Kier alpha value is -2.30. The summed E-state index contributed by atoms with van der Waals surface area (Å²) < 4.78 is 0. The van der Waals surface area contributed by atoms with Gasteiger partial charge in [-0.1, -0.05) is 25.7 Å². The first-order valence-electron chi connectivity index (χ1n) is 9.27. The number of rotatable bonds is 5. The zero-order valence-electron chi connectivity index (χ0n) is 15.5. The van der Waals surface area contributed by atoms with Crippen molar-refractivity contribution in [2.75, 3.05) is 29.6 Å². The van der Waals surface area contributed by atoms with E-state index in [-0.39, 0.29) is 0 Å². The second-order valence-corrected chi connectivity index (χ2v) is 7.08. The second-order valence-electron chi connectivity index (χ2n) is 7.08. The van der Waals surface area contributed by atoms with Crippen molar-refractivity contribution in [3.05, 3.63) is 36.2 Å². The van der Waals surface area contributed by atoms with Gasteiger partial charge in [0.15, 0.2) is 0 Å². The summed E-state index contributed by atoms with van der Waals surface area (Å²) in [7, 11) is 4.09. The number of nitrogens with zero attached hydrogens (tertiary/aromatic N) is 3. The molecule has 0 amide bonds. The highest BCUT2D eigenvalue weighted by atomic mass is 15.1. The molecule has 3 rings (SSSR count). The Balaban J connectivity index is 1.70. The van der Waals surface area contributed by atoms with Crippen molar-refractivity contribution < 1.29 is 0 Å². The van der Waals surface area contributed by atoms with Crippen LogP contribution in [0.5, 0.6) is 0 Å². The minimum absolute atomic E-state index is 0.532. The van der Waals surface area contributed by atoms with Gasteiger partial charge in [-0.2, -0.15) is 0 Å². The molecule has 0 saturated heterocycles. The van der Waals surface area contributed by atoms with Crippen LogP contribution < -0.4 is 15.5 Å². The molecule has 0 spiro atoms.